The summed E-state index contributed by atoms with van der Waals surface area (Å²) in [6.07, 6.45) is 0. The lowest BCUT2D eigenvalue weighted by Gasteiger charge is -2.25. The normalized spacial score (nSPS) is 18.1. The van der Waals surface area contributed by atoms with E-state index in [1.807, 2.05) is 0 Å². The number of Topliss-reactive ketones (excluding diaryl/α,β-unsaturated/α-hetero) is 1. The number of hydrogen-bond acceptors (Lipinski definition) is 3. The number of ketones is 1. The van der Waals surface area contributed by atoms with E-state index in [1.54, 1.807) is 72.8 Å². The fourth-order valence-corrected chi connectivity index (χ4v) is 4.08. The third kappa shape index (κ3) is 3.83. The van der Waals surface area contributed by atoms with E-state index in [0.717, 1.165) is 8.95 Å². The minimum absolute atomic E-state index is 0.0348. The summed E-state index contributed by atoms with van der Waals surface area (Å²) < 4.78 is 1.68. The third-order valence-electron chi connectivity index (χ3n) is 4.85. The van der Waals surface area contributed by atoms with E-state index >= 15 is 0 Å². The number of nitrogens with zero attached hydrogens (tertiary/aromatic N) is 1. The molecule has 30 heavy (non-hydrogen) atoms. The molecule has 0 spiro atoms. The van der Waals surface area contributed by atoms with E-state index < -0.39 is 17.7 Å². The maximum atomic E-state index is 13.0. The molecule has 3 aromatic rings. The van der Waals surface area contributed by atoms with Gasteiger partial charge in [-0.25, -0.2) is 0 Å². The van der Waals surface area contributed by atoms with Crippen LogP contribution in [0, 0.1) is 0 Å². The van der Waals surface area contributed by atoms with Crippen molar-refractivity contribution in [3.63, 3.8) is 0 Å². The van der Waals surface area contributed by atoms with E-state index in [4.69, 9.17) is 11.6 Å². The Kier molecular flexibility index (Phi) is 5.82. The van der Waals surface area contributed by atoms with Crippen molar-refractivity contribution in [1.82, 2.24) is 0 Å². The number of carbonyl (C=O) groups is 2. The van der Waals surface area contributed by atoms with Crippen LogP contribution in [0.5, 0.6) is 0 Å². The lowest BCUT2D eigenvalue weighted by Crippen LogP contribution is -2.29. The summed E-state index contributed by atoms with van der Waals surface area (Å²) in [6.45, 7) is 0. The smallest absolute Gasteiger partial charge is 0.300 e. The molecule has 1 unspecified atom stereocenters. The number of hydrogen-bond donors (Lipinski definition) is 1. The molecule has 1 N–H and O–H groups in total. The SMILES string of the molecule is O=C1C(=O)N(c2ccc(Br)cc2)C(c2ccc(Cl)cc2)C1=C(O)c1ccc(Br)cc1. The second-order valence-electron chi connectivity index (χ2n) is 6.70. The Hall–Kier alpha value is -2.41. The molecular formula is C23H14Br2ClNO3. The Morgan fingerprint density at radius 2 is 1.37 bits per heavy atom. The van der Waals surface area contributed by atoms with Crippen LogP contribution in [-0.2, 0) is 9.59 Å². The molecule has 1 aliphatic heterocycles. The molecule has 0 bridgehead atoms. The first-order valence-electron chi connectivity index (χ1n) is 8.95. The average molecular weight is 548 g/mol. The van der Waals surface area contributed by atoms with Gasteiger partial charge < -0.3 is 5.11 Å². The summed E-state index contributed by atoms with van der Waals surface area (Å²) in [5, 5.41) is 11.6. The van der Waals surface area contributed by atoms with Gasteiger partial charge in [0.05, 0.1) is 11.6 Å². The molecule has 0 radical (unpaired) electrons. The minimum atomic E-state index is -0.785. The first kappa shape index (κ1) is 20.8. The fourth-order valence-electron chi connectivity index (χ4n) is 3.42. The number of aliphatic hydroxyl groups excluding tert-OH is 1. The van der Waals surface area contributed by atoms with Crippen molar-refractivity contribution in [2.24, 2.45) is 0 Å². The molecule has 7 heteroatoms. The molecule has 150 valence electrons. The van der Waals surface area contributed by atoms with Gasteiger partial charge in [0.25, 0.3) is 11.7 Å². The standard InChI is InChI=1S/C23H14Br2ClNO3/c24-15-5-1-14(2-6-15)21(28)19-20(13-3-9-17(26)10-4-13)27(23(30)22(19)29)18-11-7-16(25)8-12-18/h1-12,20,28H. The molecule has 3 aromatic carbocycles. The lowest BCUT2D eigenvalue weighted by atomic mass is 9.95. The third-order valence-corrected chi connectivity index (χ3v) is 6.16. The molecule has 1 fully saturated rings. The van der Waals surface area contributed by atoms with Crippen molar-refractivity contribution < 1.29 is 14.7 Å². The van der Waals surface area contributed by atoms with Crippen LogP contribution in [0.4, 0.5) is 5.69 Å². The lowest BCUT2D eigenvalue weighted by molar-refractivity contribution is -0.132. The van der Waals surface area contributed by atoms with Crippen molar-refractivity contribution in [2.75, 3.05) is 4.90 Å². The van der Waals surface area contributed by atoms with Crippen molar-refractivity contribution in [3.8, 4) is 0 Å². The van der Waals surface area contributed by atoms with Crippen molar-refractivity contribution >= 4 is 66.6 Å². The minimum Gasteiger partial charge on any atom is -0.507 e. The van der Waals surface area contributed by atoms with Gasteiger partial charge in [-0.05, 0) is 54.1 Å². The second kappa shape index (κ2) is 8.38. The number of halogens is 3. The molecule has 0 aliphatic carbocycles. The van der Waals surface area contributed by atoms with Crippen molar-refractivity contribution in [2.45, 2.75) is 6.04 Å². The number of benzene rings is 3. The number of carbonyl (C=O) groups excluding carboxylic acids is 2. The van der Waals surface area contributed by atoms with Gasteiger partial charge in [-0.1, -0.05) is 67.7 Å². The van der Waals surface area contributed by atoms with Crippen LogP contribution in [0.15, 0.2) is 87.3 Å². The molecule has 0 saturated carbocycles. The fraction of sp³-hybridized carbons (Fsp3) is 0.0435. The molecular weight excluding hydrogens is 534 g/mol. The number of aliphatic hydroxyl groups is 1. The number of amides is 1. The summed E-state index contributed by atoms with van der Waals surface area (Å²) in [5.74, 6) is -1.66. The number of rotatable bonds is 3. The highest BCUT2D eigenvalue weighted by molar-refractivity contribution is 9.10. The van der Waals surface area contributed by atoms with E-state index in [1.165, 1.54) is 4.90 Å². The van der Waals surface area contributed by atoms with Crippen LogP contribution in [0.3, 0.4) is 0 Å². The average Bonchev–Trinajstić information content (AvgIpc) is 3.00. The van der Waals surface area contributed by atoms with Crippen molar-refractivity contribution in [1.29, 1.82) is 0 Å². The van der Waals surface area contributed by atoms with Crippen molar-refractivity contribution in [3.05, 3.63) is 103 Å². The van der Waals surface area contributed by atoms with Crippen LogP contribution < -0.4 is 4.90 Å². The molecule has 1 heterocycles. The summed E-state index contributed by atoms with van der Waals surface area (Å²) >= 11 is 12.8. The van der Waals surface area contributed by atoms with Gasteiger partial charge in [-0.15, -0.1) is 0 Å². The highest BCUT2D eigenvalue weighted by Gasteiger charge is 2.46. The Balaban J connectivity index is 1.93. The Morgan fingerprint density at radius 1 is 0.833 bits per heavy atom. The zero-order chi connectivity index (χ0) is 21.4. The van der Waals surface area contributed by atoms with Crippen LogP contribution >= 0.6 is 43.5 Å². The zero-order valence-corrected chi connectivity index (χ0v) is 19.3. The maximum absolute atomic E-state index is 13.0. The quantitative estimate of drug-likeness (QED) is 0.232. The van der Waals surface area contributed by atoms with Gasteiger partial charge >= 0.3 is 0 Å². The predicted molar refractivity (Wildman–Crippen MR) is 125 cm³/mol. The van der Waals surface area contributed by atoms with E-state index in [2.05, 4.69) is 31.9 Å². The first-order valence-corrected chi connectivity index (χ1v) is 10.9. The summed E-state index contributed by atoms with van der Waals surface area (Å²) in [4.78, 5) is 27.5. The Labute approximate surface area is 195 Å². The molecule has 1 atom stereocenters. The van der Waals surface area contributed by atoms with Gasteiger partial charge in [-0.3, -0.25) is 14.5 Å². The highest BCUT2D eigenvalue weighted by atomic mass is 79.9. The largest absolute Gasteiger partial charge is 0.507 e. The predicted octanol–water partition coefficient (Wildman–Crippen LogP) is 6.49. The van der Waals surface area contributed by atoms with Gasteiger partial charge in [0.1, 0.15) is 5.76 Å². The van der Waals surface area contributed by atoms with Crippen LogP contribution in [0.25, 0.3) is 5.76 Å². The van der Waals surface area contributed by atoms with E-state index in [-0.39, 0.29) is 11.3 Å². The van der Waals surface area contributed by atoms with Crippen LogP contribution in [0.2, 0.25) is 5.02 Å². The summed E-state index contributed by atoms with van der Waals surface area (Å²) in [7, 11) is 0. The first-order chi connectivity index (χ1) is 14.4. The molecule has 1 saturated heterocycles. The van der Waals surface area contributed by atoms with Crippen LogP contribution in [-0.4, -0.2) is 16.8 Å². The second-order valence-corrected chi connectivity index (χ2v) is 8.97. The van der Waals surface area contributed by atoms with Gasteiger partial charge in [0.15, 0.2) is 0 Å². The Morgan fingerprint density at radius 3 is 1.93 bits per heavy atom. The van der Waals surface area contributed by atoms with E-state index in [9.17, 15) is 14.7 Å². The van der Waals surface area contributed by atoms with Gasteiger partial charge in [0.2, 0.25) is 0 Å². The highest BCUT2D eigenvalue weighted by Crippen LogP contribution is 2.42. The van der Waals surface area contributed by atoms with E-state index in [0.29, 0.717) is 21.8 Å². The van der Waals surface area contributed by atoms with Crippen LogP contribution in [0.1, 0.15) is 17.2 Å². The summed E-state index contributed by atoms with van der Waals surface area (Å²) in [6, 6.07) is 20.1. The molecule has 0 aromatic heterocycles. The van der Waals surface area contributed by atoms with Gasteiger partial charge in [-0.2, -0.15) is 0 Å². The zero-order valence-electron chi connectivity index (χ0n) is 15.4. The Bertz CT molecular complexity index is 1160. The molecule has 4 nitrogen and oxygen atoms in total. The molecule has 1 amide bonds. The topological polar surface area (TPSA) is 57.6 Å². The van der Waals surface area contributed by atoms with Gasteiger partial charge in [0, 0.05) is 25.2 Å². The molecule has 4 rings (SSSR count). The maximum Gasteiger partial charge on any atom is 0.300 e. The summed E-state index contributed by atoms with van der Waals surface area (Å²) in [5.41, 5.74) is 1.70. The monoisotopic (exact) mass is 545 g/mol. The molecule has 1 aliphatic rings. The number of anilines is 1.